The molecule has 3 aliphatic rings. The number of aryl methyl sites for hydroxylation is 1. The van der Waals surface area contributed by atoms with E-state index in [4.69, 9.17) is 0 Å². The van der Waals surface area contributed by atoms with Crippen molar-refractivity contribution in [2.45, 2.75) is 109 Å². The van der Waals surface area contributed by atoms with Crippen molar-refractivity contribution < 1.29 is 24.1 Å². The molecular formula is C56H59I6N4O4+. The molecule has 4 aromatic carbocycles. The number of rotatable bonds is 18. The fourth-order valence-electron chi connectivity index (χ4n) is 10.4. The van der Waals surface area contributed by atoms with E-state index in [0.29, 0.717) is 24.9 Å². The lowest BCUT2D eigenvalue weighted by Crippen LogP contribution is -2.43. The largest absolute Gasteiger partial charge is 0.481 e. The molecule has 4 aromatic rings. The predicted molar refractivity (Wildman–Crippen MR) is 337 cm³/mol. The van der Waals surface area contributed by atoms with Crippen LogP contribution in [0.3, 0.4) is 0 Å². The standard InChI is InChI=1S/C56H58I6N4O4/c1-6-30-64-42-33-39(57)49(59)51(61)47(42)55(4,29-15-11-14-20-46(67)68)44(64)18-12-9-8-10-13-19-45-56(5,48-43(65(45)31-7-2)34-40(58)50(60)52(48)62)37-25-23-36(24-26-37)54(70)66-32-16-17-41(66)53(69)63-38-27-21-35(3)22-28-38/h8-10,12-13,18-19,21-28,33-34,41H,6-7,11,14-17,20,29-32H2,1-5H3,(H-,63,67,68,69)/p+1. The maximum Gasteiger partial charge on any atom is 0.303 e. The van der Waals surface area contributed by atoms with Crippen LogP contribution < -0.4 is 10.2 Å². The molecule has 3 atom stereocenters. The Morgan fingerprint density at radius 2 is 1.46 bits per heavy atom. The minimum absolute atomic E-state index is 0.123. The zero-order valence-corrected chi connectivity index (χ0v) is 53.1. The number of allylic oxidation sites excluding steroid dienone is 8. The van der Waals surface area contributed by atoms with Crippen LogP contribution in [-0.2, 0) is 20.4 Å². The van der Waals surface area contributed by atoms with Crippen molar-refractivity contribution >= 4 is 176 Å². The summed E-state index contributed by atoms with van der Waals surface area (Å²) in [7, 11) is 0. The fourth-order valence-corrected chi connectivity index (χ4v) is 15.6. The highest BCUT2D eigenvalue weighted by atomic mass is 127. The lowest BCUT2D eigenvalue weighted by molar-refractivity contribution is -0.437. The summed E-state index contributed by atoms with van der Waals surface area (Å²) in [5, 5.41) is 12.3. The SMILES string of the molecule is CCCN1\C(=C/C=C/C=C/C=C/C2=[N+](CCC)c3cc(I)c(I)c(I)c3C2(C)CCCCCC(=O)O)C(C)(c2ccc(C(=O)N3CCCC3C(=O)Nc3ccc(C)cc3)cc2)c2c1cc(I)c(I)c2I. The molecule has 8 nitrogen and oxygen atoms in total. The number of fused-ring (bicyclic) bond motifs is 2. The molecule has 0 aromatic heterocycles. The summed E-state index contributed by atoms with van der Waals surface area (Å²) in [6.45, 7) is 13.5. The first-order chi connectivity index (χ1) is 33.5. The van der Waals surface area contributed by atoms with E-state index in [0.717, 1.165) is 68.4 Å². The molecule has 0 radical (unpaired) electrons. The molecule has 70 heavy (non-hydrogen) atoms. The Morgan fingerprint density at radius 1 is 0.800 bits per heavy atom. The van der Waals surface area contributed by atoms with Crippen molar-refractivity contribution in [3.05, 3.63) is 158 Å². The summed E-state index contributed by atoms with van der Waals surface area (Å²) >= 11 is 15.0. The number of likely N-dealkylation sites (tertiary alicyclic amines) is 1. The number of unbranched alkanes of at least 4 members (excludes halogenated alkanes) is 2. The molecule has 0 aliphatic carbocycles. The summed E-state index contributed by atoms with van der Waals surface area (Å²) < 4.78 is 10.1. The van der Waals surface area contributed by atoms with E-state index in [2.05, 4.69) is 245 Å². The third-order valence-corrected chi connectivity index (χ3v) is 24.1. The van der Waals surface area contributed by atoms with Crippen LogP contribution in [0, 0.1) is 28.3 Å². The minimum Gasteiger partial charge on any atom is -0.481 e. The van der Waals surface area contributed by atoms with E-state index in [1.165, 1.54) is 55.3 Å². The van der Waals surface area contributed by atoms with Crippen LogP contribution in [0.15, 0.2) is 109 Å². The van der Waals surface area contributed by atoms with Crippen molar-refractivity contribution in [2.75, 3.05) is 29.9 Å². The molecule has 0 bridgehead atoms. The Bertz CT molecular complexity index is 2820. The minimum atomic E-state index is -0.729. The van der Waals surface area contributed by atoms with Crippen LogP contribution >= 0.6 is 136 Å². The van der Waals surface area contributed by atoms with Crippen molar-refractivity contribution in [1.82, 2.24) is 4.90 Å². The van der Waals surface area contributed by atoms with Gasteiger partial charge >= 0.3 is 5.97 Å². The van der Waals surface area contributed by atoms with Crippen LogP contribution in [-0.4, -0.2) is 63.8 Å². The van der Waals surface area contributed by atoms with E-state index in [9.17, 15) is 19.5 Å². The lowest BCUT2D eigenvalue weighted by Gasteiger charge is -2.31. The molecule has 2 N–H and O–H groups in total. The normalized spacial score (nSPS) is 20.5. The molecule has 0 spiro atoms. The first-order valence-corrected chi connectivity index (χ1v) is 30.5. The van der Waals surface area contributed by atoms with Crippen LogP contribution in [0.25, 0.3) is 0 Å². The Hall–Kier alpha value is -1.90. The highest BCUT2D eigenvalue weighted by molar-refractivity contribution is 14.1. The van der Waals surface area contributed by atoms with Crippen LogP contribution in [0.1, 0.15) is 118 Å². The zero-order chi connectivity index (χ0) is 50.5. The van der Waals surface area contributed by atoms with E-state index in [1.807, 2.05) is 43.3 Å². The van der Waals surface area contributed by atoms with Crippen molar-refractivity contribution in [1.29, 1.82) is 0 Å². The molecule has 3 aliphatic heterocycles. The first kappa shape index (κ1) is 55.8. The Kier molecular flexibility index (Phi) is 19.6. The number of carbonyl (C=O) groups excluding carboxylic acids is 2. The van der Waals surface area contributed by atoms with E-state index < -0.39 is 17.4 Å². The monoisotopic (exact) mass is 1610 g/mol. The smallest absolute Gasteiger partial charge is 0.303 e. The molecule has 14 heteroatoms. The van der Waals surface area contributed by atoms with Gasteiger partial charge in [0.25, 0.3) is 5.91 Å². The Labute approximate surface area is 496 Å². The average molecular weight is 1610 g/mol. The van der Waals surface area contributed by atoms with Gasteiger partial charge in [0.2, 0.25) is 11.6 Å². The van der Waals surface area contributed by atoms with Gasteiger partial charge in [-0.3, -0.25) is 14.4 Å². The first-order valence-electron chi connectivity index (χ1n) is 24.0. The van der Waals surface area contributed by atoms with Gasteiger partial charge in [0.05, 0.1) is 16.4 Å². The Morgan fingerprint density at radius 3 is 2.13 bits per heavy atom. The van der Waals surface area contributed by atoms with Crippen LogP contribution in [0.5, 0.6) is 0 Å². The summed E-state index contributed by atoms with van der Waals surface area (Å²) in [6.07, 6.45) is 22.3. The molecule has 7 rings (SSSR count). The summed E-state index contributed by atoms with van der Waals surface area (Å²) in [4.78, 5) is 43.2. The van der Waals surface area contributed by atoms with E-state index in [1.54, 1.807) is 4.90 Å². The van der Waals surface area contributed by atoms with Crippen LogP contribution in [0.2, 0.25) is 0 Å². The molecule has 368 valence electrons. The number of nitrogens with one attached hydrogen (secondary N) is 1. The molecule has 0 saturated carbocycles. The average Bonchev–Trinajstić information content (AvgIpc) is 3.98. The fraction of sp³-hybridized carbons (Fsp3) is 0.357. The van der Waals surface area contributed by atoms with Gasteiger partial charge in [0.15, 0.2) is 5.71 Å². The number of amides is 2. The summed E-state index contributed by atoms with van der Waals surface area (Å²) in [5.41, 5.74) is 10.4. The molecule has 3 heterocycles. The number of hydrogen-bond donors (Lipinski definition) is 2. The second-order valence-electron chi connectivity index (χ2n) is 18.6. The van der Waals surface area contributed by atoms with Gasteiger partial charge in [-0.25, -0.2) is 0 Å². The maximum atomic E-state index is 14.2. The van der Waals surface area contributed by atoms with Gasteiger partial charge in [-0.2, -0.15) is 4.58 Å². The van der Waals surface area contributed by atoms with Crippen molar-refractivity contribution in [3.8, 4) is 0 Å². The lowest BCUT2D eigenvalue weighted by atomic mass is 9.75. The molecule has 1 saturated heterocycles. The van der Waals surface area contributed by atoms with Gasteiger partial charge < -0.3 is 20.2 Å². The number of halogens is 6. The molecule has 3 unspecified atom stereocenters. The van der Waals surface area contributed by atoms with Gasteiger partial charge in [0, 0.05) is 87.7 Å². The third-order valence-electron chi connectivity index (χ3n) is 13.8. The maximum absolute atomic E-state index is 14.2. The molecular weight excluding hydrogens is 1550 g/mol. The molecule has 1 fully saturated rings. The number of carboxylic acid groups (broad SMARTS) is 1. The van der Waals surface area contributed by atoms with Crippen LogP contribution in [0.4, 0.5) is 17.1 Å². The second-order valence-corrected chi connectivity index (χ2v) is 25.3. The number of anilines is 2. The highest BCUT2D eigenvalue weighted by Crippen LogP contribution is 2.55. The van der Waals surface area contributed by atoms with E-state index in [-0.39, 0.29) is 23.7 Å². The van der Waals surface area contributed by atoms with Gasteiger partial charge in [-0.1, -0.05) is 86.9 Å². The van der Waals surface area contributed by atoms with Gasteiger partial charge in [-0.05, 0) is 230 Å². The Balaban J connectivity index is 1.17. The summed E-state index contributed by atoms with van der Waals surface area (Å²) in [6, 6.07) is 20.0. The van der Waals surface area contributed by atoms with Gasteiger partial charge in [-0.15, -0.1) is 0 Å². The number of nitrogens with zero attached hydrogens (tertiary/aromatic N) is 3. The highest BCUT2D eigenvalue weighted by Gasteiger charge is 2.50. The topological polar surface area (TPSA) is 93.0 Å². The summed E-state index contributed by atoms with van der Waals surface area (Å²) in [5.74, 6) is -1.00. The number of carboxylic acids is 1. The number of benzene rings is 4. The second kappa shape index (κ2) is 24.6. The number of hydrogen-bond acceptors (Lipinski definition) is 4. The zero-order valence-electron chi connectivity index (χ0n) is 40.2. The number of carbonyl (C=O) groups is 3. The quantitative estimate of drug-likeness (QED) is 0.0340. The third kappa shape index (κ3) is 11.6. The van der Waals surface area contributed by atoms with E-state index >= 15 is 0 Å². The van der Waals surface area contributed by atoms with Gasteiger partial charge in [0.1, 0.15) is 12.6 Å². The van der Waals surface area contributed by atoms with Crippen molar-refractivity contribution in [2.24, 2.45) is 0 Å². The molecule has 2 amide bonds. The predicted octanol–water partition coefficient (Wildman–Crippen LogP) is 15.5. The van der Waals surface area contributed by atoms with Crippen molar-refractivity contribution in [3.63, 3.8) is 0 Å². The number of aliphatic carboxylic acids is 1.